The molecule has 0 atom stereocenters. The molecule has 1 heterocycles. The Hall–Kier alpha value is -3.52. The first kappa shape index (κ1) is 18.8. The van der Waals surface area contributed by atoms with Gasteiger partial charge in [-0.3, -0.25) is 15.1 Å². The molecule has 0 amide bonds. The molecule has 0 aliphatic rings. The lowest BCUT2D eigenvalue weighted by atomic mass is 10.1. The van der Waals surface area contributed by atoms with Gasteiger partial charge in [-0.05, 0) is 58.7 Å². The van der Waals surface area contributed by atoms with Gasteiger partial charge in [-0.2, -0.15) is 0 Å². The quantitative estimate of drug-likeness (QED) is 0.235. The summed E-state index contributed by atoms with van der Waals surface area (Å²) in [5, 5.41) is 21.2. The molecule has 4 rings (SSSR count). The maximum Gasteiger partial charge on any atom is 0.271 e. The highest BCUT2D eigenvalue weighted by atomic mass is 79.9. The molecule has 0 unspecified atom stereocenters. The number of phenols is 1. The van der Waals surface area contributed by atoms with Crippen LogP contribution >= 0.6 is 15.9 Å². The first-order valence-electron chi connectivity index (χ1n) is 8.60. The van der Waals surface area contributed by atoms with Gasteiger partial charge >= 0.3 is 0 Å². The molecule has 1 N–H and O–H groups in total. The van der Waals surface area contributed by atoms with Crippen molar-refractivity contribution in [3.8, 4) is 17.2 Å². The molecule has 144 valence electrons. The molecule has 0 saturated carbocycles. The average Bonchev–Trinajstić information content (AvgIpc) is 3.13. The Morgan fingerprint density at radius 2 is 2.00 bits per heavy atom. The molecular formula is C21H14BrN3O4. The van der Waals surface area contributed by atoms with Crippen molar-refractivity contribution in [2.45, 2.75) is 6.92 Å². The Morgan fingerprint density at radius 3 is 2.72 bits per heavy atom. The van der Waals surface area contributed by atoms with Gasteiger partial charge < -0.3 is 9.52 Å². The van der Waals surface area contributed by atoms with Crippen molar-refractivity contribution in [3.63, 3.8) is 0 Å². The first-order valence-corrected chi connectivity index (χ1v) is 9.39. The van der Waals surface area contributed by atoms with Crippen LogP contribution in [0.4, 0.5) is 11.4 Å². The number of aromatic hydroxyl groups is 1. The van der Waals surface area contributed by atoms with Crippen molar-refractivity contribution >= 4 is 44.6 Å². The van der Waals surface area contributed by atoms with Gasteiger partial charge in [0, 0.05) is 29.5 Å². The second-order valence-corrected chi connectivity index (χ2v) is 7.22. The minimum atomic E-state index is -0.526. The monoisotopic (exact) mass is 451 g/mol. The number of phenolic OH excluding ortho intramolecular Hbond substituents is 1. The van der Waals surface area contributed by atoms with Crippen LogP contribution in [0.5, 0.6) is 5.75 Å². The van der Waals surface area contributed by atoms with E-state index in [2.05, 4.69) is 25.9 Å². The van der Waals surface area contributed by atoms with Gasteiger partial charge in [-0.15, -0.1) is 0 Å². The summed E-state index contributed by atoms with van der Waals surface area (Å²) in [7, 11) is 0. The lowest BCUT2D eigenvalue weighted by molar-refractivity contribution is -0.385. The van der Waals surface area contributed by atoms with E-state index in [4.69, 9.17) is 4.42 Å². The van der Waals surface area contributed by atoms with Crippen LogP contribution in [0.2, 0.25) is 0 Å². The van der Waals surface area contributed by atoms with Crippen LogP contribution in [0, 0.1) is 17.0 Å². The molecule has 0 fully saturated rings. The summed E-state index contributed by atoms with van der Waals surface area (Å²) in [6.45, 7) is 1.89. The van der Waals surface area contributed by atoms with Crippen molar-refractivity contribution in [2.75, 3.05) is 0 Å². The highest BCUT2D eigenvalue weighted by Gasteiger charge is 2.14. The molecule has 1 aromatic heterocycles. The summed E-state index contributed by atoms with van der Waals surface area (Å²) in [6, 6.07) is 15.6. The summed E-state index contributed by atoms with van der Waals surface area (Å²) in [6.07, 6.45) is 1.40. The number of hydrogen-bond acceptors (Lipinski definition) is 6. The van der Waals surface area contributed by atoms with Crippen LogP contribution in [0.25, 0.3) is 22.6 Å². The zero-order valence-electron chi connectivity index (χ0n) is 15.2. The number of hydrogen-bond donors (Lipinski definition) is 1. The van der Waals surface area contributed by atoms with Gasteiger partial charge in [0.15, 0.2) is 5.58 Å². The summed E-state index contributed by atoms with van der Waals surface area (Å²) in [5.41, 5.74) is 3.95. The fourth-order valence-electron chi connectivity index (χ4n) is 2.88. The number of rotatable bonds is 4. The van der Waals surface area contributed by atoms with Crippen LogP contribution in [0.3, 0.4) is 0 Å². The number of para-hydroxylation sites is 2. The molecule has 0 radical (unpaired) electrons. The number of nitro groups is 1. The Balaban J connectivity index is 1.66. The van der Waals surface area contributed by atoms with E-state index >= 15 is 0 Å². The van der Waals surface area contributed by atoms with Gasteiger partial charge in [-0.1, -0.05) is 12.1 Å². The number of aryl methyl sites for hydroxylation is 1. The van der Waals surface area contributed by atoms with Crippen LogP contribution in [0.1, 0.15) is 11.1 Å². The van der Waals surface area contributed by atoms with Crippen molar-refractivity contribution in [1.82, 2.24) is 4.98 Å². The molecule has 3 aromatic carbocycles. The molecule has 0 saturated heterocycles. The lowest BCUT2D eigenvalue weighted by Gasteiger charge is -2.04. The predicted molar refractivity (Wildman–Crippen MR) is 114 cm³/mol. The van der Waals surface area contributed by atoms with Crippen LogP contribution in [-0.2, 0) is 0 Å². The number of halogens is 1. The van der Waals surface area contributed by atoms with Gasteiger partial charge in [0.2, 0.25) is 5.89 Å². The molecule has 0 aliphatic heterocycles. The van der Waals surface area contributed by atoms with Crippen molar-refractivity contribution in [3.05, 3.63) is 80.3 Å². The molecule has 8 heteroatoms. The smallest absolute Gasteiger partial charge is 0.271 e. The van der Waals surface area contributed by atoms with Crippen molar-refractivity contribution in [1.29, 1.82) is 0 Å². The number of aromatic nitrogens is 1. The Kier molecular flexibility index (Phi) is 4.85. The zero-order chi connectivity index (χ0) is 20.5. The maximum absolute atomic E-state index is 11.0. The fourth-order valence-corrected chi connectivity index (χ4v) is 3.34. The van der Waals surface area contributed by atoms with E-state index in [1.165, 1.54) is 18.3 Å². The van der Waals surface area contributed by atoms with E-state index < -0.39 is 4.92 Å². The second kappa shape index (κ2) is 7.48. The van der Waals surface area contributed by atoms with E-state index in [0.29, 0.717) is 17.2 Å². The van der Waals surface area contributed by atoms with Crippen LogP contribution < -0.4 is 0 Å². The highest BCUT2D eigenvalue weighted by molar-refractivity contribution is 9.10. The standard InChI is InChI=1S/C21H14BrN3O4/c1-12-8-13(21-24-18-4-2-3-5-19(18)29-21)6-7-17(12)23-11-14-9-15(25(27)28)10-16(22)20(14)26/h2-11,26H,1H3. The van der Waals surface area contributed by atoms with Crippen LogP contribution in [0.15, 0.2) is 68.5 Å². The highest BCUT2D eigenvalue weighted by Crippen LogP contribution is 2.33. The molecule has 7 nitrogen and oxygen atoms in total. The summed E-state index contributed by atoms with van der Waals surface area (Å²) < 4.78 is 6.02. The van der Waals surface area contributed by atoms with E-state index in [1.54, 1.807) is 6.07 Å². The number of non-ortho nitro benzene ring substituents is 1. The Labute approximate surface area is 173 Å². The third-order valence-corrected chi connectivity index (χ3v) is 4.97. The molecular weight excluding hydrogens is 438 g/mol. The number of benzene rings is 3. The normalized spacial score (nSPS) is 11.4. The second-order valence-electron chi connectivity index (χ2n) is 6.37. The number of nitro benzene ring substituents is 1. The molecule has 0 aliphatic carbocycles. The maximum atomic E-state index is 11.0. The Bertz CT molecular complexity index is 1250. The van der Waals surface area contributed by atoms with E-state index in [0.717, 1.165) is 16.6 Å². The van der Waals surface area contributed by atoms with Gasteiger partial charge in [-0.25, -0.2) is 4.98 Å². The topological polar surface area (TPSA) is 102 Å². The summed E-state index contributed by atoms with van der Waals surface area (Å²) >= 11 is 3.12. The van der Waals surface area contributed by atoms with Gasteiger partial charge in [0.05, 0.1) is 15.1 Å². The van der Waals surface area contributed by atoms with Crippen molar-refractivity contribution in [2.24, 2.45) is 4.99 Å². The third kappa shape index (κ3) is 3.74. The van der Waals surface area contributed by atoms with Gasteiger partial charge in [0.25, 0.3) is 5.69 Å². The van der Waals surface area contributed by atoms with Crippen molar-refractivity contribution < 1.29 is 14.4 Å². The van der Waals surface area contributed by atoms with Crippen LogP contribution in [-0.4, -0.2) is 21.2 Å². The fraction of sp³-hybridized carbons (Fsp3) is 0.0476. The summed E-state index contributed by atoms with van der Waals surface area (Å²) in [5.74, 6) is 0.408. The average molecular weight is 452 g/mol. The first-order chi connectivity index (χ1) is 13.9. The van der Waals surface area contributed by atoms with E-state index in [9.17, 15) is 15.2 Å². The number of aliphatic imine (C=N–C) groups is 1. The number of nitrogens with zero attached hydrogens (tertiary/aromatic N) is 3. The third-order valence-electron chi connectivity index (χ3n) is 4.37. The number of fused-ring (bicyclic) bond motifs is 1. The predicted octanol–water partition coefficient (Wildman–Crippen LogP) is 5.93. The molecule has 0 bridgehead atoms. The van der Waals surface area contributed by atoms with E-state index in [1.807, 2.05) is 43.3 Å². The minimum absolute atomic E-state index is 0.111. The lowest BCUT2D eigenvalue weighted by Crippen LogP contribution is -1.92. The number of oxazole rings is 1. The Morgan fingerprint density at radius 1 is 1.21 bits per heavy atom. The molecule has 4 aromatic rings. The van der Waals surface area contributed by atoms with E-state index in [-0.39, 0.29) is 21.5 Å². The van der Waals surface area contributed by atoms with Gasteiger partial charge in [0.1, 0.15) is 11.3 Å². The minimum Gasteiger partial charge on any atom is -0.506 e. The molecule has 0 spiro atoms. The molecule has 29 heavy (non-hydrogen) atoms. The SMILES string of the molecule is Cc1cc(-c2nc3ccccc3o2)ccc1N=Cc1cc([N+](=O)[O-])cc(Br)c1O. The zero-order valence-corrected chi connectivity index (χ0v) is 16.8. The summed E-state index contributed by atoms with van der Waals surface area (Å²) in [4.78, 5) is 19.4. The largest absolute Gasteiger partial charge is 0.506 e.